The third kappa shape index (κ3) is 4.01. The fraction of sp³-hybridized carbons (Fsp3) is 0.158. The van der Waals surface area contributed by atoms with Crippen molar-refractivity contribution in [1.29, 1.82) is 0 Å². The van der Waals surface area contributed by atoms with Crippen LogP contribution in [0.3, 0.4) is 0 Å². The molecule has 2 heterocycles. The van der Waals surface area contributed by atoms with Crippen LogP contribution < -0.4 is 14.8 Å². The smallest absolute Gasteiger partial charge is 0.249 e. The first-order chi connectivity index (χ1) is 11.7. The number of hydrogen-bond acceptors (Lipinski definition) is 4. The van der Waals surface area contributed by atoms with Crippen LogP contribution in [0.25, 0.3) is 6.08 Å². The zero-order valence-corrected chi connectivity index (χ0v) is 13.4. The third-order valence-corrected chi connectivity index (χ3v) is 3.52. The molecule has 0 spiro atoms. The van der Waals surface area contributed by atoms with E-state index in [0.29, 0.717) is 5.82 Å². The van der Waals surface area contributed by atoms with Crippen molar-refractivity contribution in [2.75, 3.05) is 12.1 Å². The second-order valence-electron chi connectivity index (χ2n) is 5.22. The molecule has 1 aromatic heterocycles. The Bertz CT molecular complexity index is 782. The van der Waals surface area contributed by atoms with Gasteiger partial charge in [0.1, 0.15) is 5.82 Å². The van der Waals surface area contributed by atoms with Crippen molar-refractivity contribution in [1.82, 2.24) is 4.98 Å². The molecule has 122 valence electrons. The number of nitrogens with one attached hydrogen (secondary N) is 1. The van der Waals surface area contributed by atoms with E-state index in [9.17, 15) is 4.79 Å². The second-order valence-corrected chi connectivity index (χ2v) is 5.22. The predicted molar refractivity (Wildman–Crippen MR) is 92.8 cm³/mol. The summed E-state index contributed by atoms with van der Waals surface area (Å²) in [7, 11) is 0. The summed E-state index contributed by atoms with van der Waals surface area (Å²) in [5.74, 6) is 1.83. The zero-order chi connectivity index (χ0) is 16.8. The topological polar surface area (TPSA) is 60.5 Å². The number of aromatic nitrogens is 1. The van der Waals surface area contributed by atoms with Crippen LogP contribution in [-0.4, -0.2) is 17.7 Å². The van der Waals surface area contributed by atoms with Gasteiger partial charge in [-0.1, -0.05) is 31.2 Å². The molecule has 3 rings (SSSR count). The molecule has 2 aromatic rings. The lowest BCUT2D eigenvalue weighted by atomic mass is 10.1. The Hall–Kier alpha value is -3.08. The maximum Gasteiger partial charge on any atom is 0.249 e. The minimum atomic E-state index is -0.210. The molecule has 24 heavy (non-hydrogen) atoms. The van der Waals surface area contributed by atoms with E-state index in [2.05, 4.69) is 10.3 Å². The summed E-state index contributed by atoms with van der Waals surface area (Å²) < 4.78 is 10.7. The summed E-state index contributed by atoms with van der Waals surface area (Å²) in [6.45, 7) is 2.30. The van der Waals surface area contributed by atoms with Crippen LogP contribution in [0.4, 0.5) is 5.82 Å². The number of allylic oxidation sites excluding steroid dienone is 2. The van der Waals surface area contributed by atoms with Gasteiger partial charge in [-0.2, -0.15) is 0 Å². The Labute approximate surface area is 140 Å². The molecule has 0 aliphatic carbocycles. The van der Waals surface area contributed by atoms with Crippen LogP contribution >= 0.6 is 0 Å². The number of fused-ring (bicyclic) bond motifs is 1. The van der Waals surface area contributed by atoms with Crippen molar-refractivity contribution in [3.8, 4) is 11.5 Å². The zero-order valence-electron chi connectivity index (χ0n) is 13.4. The van der Waals surface area contributed by atoms with Gasteiger partial charge in [0.05, 0.1) is 0 Å². The first kappa shape index (κ1) is 15.8. The highest BCUT2D eigenvalue weighted by Gasteiger charge is 2.12. The fourth-order valence-corrected chi connectivity index (χ4v) is 2.27. The van der Waals surface area contributed by atoms with Crippen LogP contribution in [0, 0.1) is 0 Å². The Morgan fingerprint density at radius 2 is 2.08 bits per heavy atom. The Kier molecular flexibility index (Phi) is 4.91. The lowest BCUT2D eigenvalue weighted by molar-refractivity contribution is -0.111. The SMILES string of the molecule is CCC(C=CC(=O)Nc1ccccn1)=Cc1ccc2c(c1)OCO2. The number of nitrogens with zero attached hydrogens (tertiary/aromatic N) is 1. The highest BCUT2D eigenvalue weighted by atomic mass is 16.7. The van der Waals surface area contributed by atoms with Gasteiger partial charge in [-0.15, -0.1) is 0 Å². The van der Waals surface area contributed by atoms with Crippen LogP contribution in [0.1, 0.15) is 18.9 Å². The molecular formula is C19H18N2O3. The van der Waals surface area contributed by atoms with Crippen LogP contribution in [-0.2, 0) is 4.79 Å². The second kappa shape index (κ2) is 7.46. The molecule has 0 bridgehead atoms. The molecule has 1 amide bonds. The van der Waals surface area contributed by atoms with Gasteiger partial charge >= 0.3 is 0 Å². The first-order valence-electron chi connectivity index (χ1n) is 7.75. The average Bonchev–Trinajstić information content (AvgIpc) is 3.07. The molecule has 0 radical (unpaired) electrons. The van der Waals surface area contributed by atoms with Gasteiger partial charge in [-0.3, -0.25) is 4.79 Å². The van der Waals surface area contributed by atoms with E-state index in [-0.39, 0.29) is 12.7 Å². The number of amides is 1. The fourth-order valence-electron chi connectivity index (χ4n) is 2.27. The summed E-state index contributed by atoms with van der Waals surface area (Å²) >= 11 is 0. The van der Waals surface area contributed by atoms with Gasteiger partial charge in [0.25, 0.3) is 0 Å². The Morgan fingerprint density at radius 1 is 1.21 bits per heavy atom. The molecule has 5 nitrogen and oxygen atoms in total. The monoisotopic (exact) mass is 322 g/mol. The maximum atomic E-state index is 11.9. The highest BCUT2D eigenvalue weighted by molar-refractivity contribution is 5.99. The molecule has 5 heteroatoms. The van der Waals surface area contributed by atoms with Crippen molar-refractivity contribution in [2.45, 2.75) is 13.3 Å². The summed E-state index contributed by atoms with van der Waals surface area (Å²) in [5.41, 5.74) is 2.04. The minimum absolute atomic E-state index is 0.210. The number of rotatable bonds is 5. The Morgan fingerprint density at radius 3 is 2.88 bits per heavy atom. The van der Waals surface area contributed by atoms with E-state index in [1.54, 1.807) is 18.3 Å². The number of ether oxygens (including phenoxy) is 2. The molecule has 0 saturated heterocycles. The van der Waals surface area contributed by atoms with Gasteiger partial charge in [0.15, 0.2) is 11.5 Å². The number of anilines is 1. The summed E-state index contributed by atoms with van der Waals surface area (Å²) in [4.78, 5) is 16.0. The average molecular weight is 322 g/mol. The summed E-state index contributed by atoms with van der Waals surface area (Å²) in [6, 6.07) is 11.1. The number of carbonyl (C=O) groups is 1. The molecule has 0 unspecified atom stereocenters. The van der Waals surface area contributed by atoms with E-state index in [4.69, 9.17) is 9.47 Å². The molecule has 0 atom stereocenters. The Balaban J connectivity index is 1.68. The molecule has 1 aliphatic rings. The standard InChI is InChI=1S/C19H18N2O3/c1-2-14(7-9-19(22)21-18-5-3-4-10-20-18)11-15-6-8-16-17(12-15)24-13-23-16/h3-12H,2,13H2,1H3,(H,20,21,22). The largest absolute Gasteiger partial charge is 0.454 e. The lowest BCUT2D eigenvalue weighted by Crippen LogP contribution is -2.08. The maximum absolute atomic E-state index is 11.9. The molecular weight excluding hydrogens is 304 g/mol. The summed E-state index contributed by atoms with van der Waals surface area (Å²) in [5, 5.41) is 2.72. The van der Waals surface area contributed by atoms with E-state index in [0.717, 1.165) is 29.1 Å². The van der Waals surface area contributed by atoms with Crippen molar-refractivity contribution < 1.29 is 14.3 Å². The number of pyridine rings is 1. The van der Waals surface area contributed by atoms with Crippen LogP contribution in [0.15, 0.2) is 60.3 Å². The van der Waals surface area contributed by atoms with Crippen molar-refractivity contribution in [3.63, 3.8) is 0 Å². The van der Waals surface area contributed by atoms with E-state index >= 15 is 0 Å². The van der Waals surface area contributed by atoms with Crippen molar-refractivity contribution in [2.24, 2.45) is 0 Å². The number of benzene rings is 1. The number of carbonyl (C=O) groups excluding carboxylic acids is 1. The van der Waals surface area contributed by atoms with Crippen molar-refractivity contribution >= 4 is 17.8 Å². The quantitative estimate of drug-likeness (QED) is 0.672. The minimum Gasteiger partial charge on any atom is -0.454 e. The summed E-state index contributed by atoms with van der Waals surface area (Å²) in [6.07, 6.45) is 7.78. The molecule has 1 aromatic carbocycles. The first-order valence-corrected chi connectivity index (χ1v) is 7.75. The van der Waals surface area contributed by atoms with E-state index in [1.165, 1.54) is 6.08 Å². The van der Waals surface area contributed by atoms with Gasteiger partial charge in [-0.05, 0) is 41.8 Å². The van der Waals surface area contributed by atoms with Gasteiger partial charge in [0, 0.05) is 12.3 Å². The molecule has 1 N–H and O–H groups in total. The lowest BCUT2D eigenvalue weighted by Gasteiger charge is -2.02. The molecule has 0 saturated carbocycles. The van der Waals surface area contributed by atoms with Crippen LogP contribution in [0.2, 0.25) is 0 Å². The van der Waals surface area contributed by atoms with E-state index in [1.807, 2.05) is 43.3 Å². The van der Waals surface area contributed by atoms with Crippen molar-refractivity contribution in [3.05, 3.63) is 65.9 Å². The van der Waals surface area contributed by atoms with Gasteiger partial charge in [0.2, 0.25) is 12.7 Å². The van der Waals surface area contributed by atoms with Gasteiger partial charge < -0.3 is 14.8 Å². The molecule has 1 aliphatic heterocycles. The predicted octanol–water partition coefficient (Wildman–Crippen LogP) is 3.80. The third-order valence-electron chi connectivity index (χ3n) is 3.52. The normalized spacial score (nSPS) is 13.3. The van der Waals surface area contributed by atoms with Gasteiger partial charge in [-0.25, -0.2) is 4.98 Å². The number of hydrogen-bond donors (Lipinski definition) is 1. The van der Waals surface area contributed by atoms with E-state index < -0.39 is 0 Å². The highest BCUT2D eigenvalue weighted by Crippen LogP contribution is 2.33. The van der Waals surface area contributed by atoms with Crippen LogP contribution in [0.5, 0.6) is 11.5 Å². The molecule has 0 fully saturated rings.